The molecule has 2 aromatic carbocycles. The van der Waals surface area contributed by atoms with Gasteiger partial charge >= 0.3 is 6.03 Å². The number of ether oxygens (including phenoxy) is 2. The first kappa shape index (κ1) is 21.2. The Balaban J connectivity index is 1.54. The number of amides is 2. The van der Waals surface area contributed by atoms with Gasteiger partial charge in [-0.2, -0.15) is 0 Å². The Kier molecular flexibility index (Phi) is 7.17. The van der Waals surface area contributed by atoms with Crippen molar-refractivity contribution in [2.45, 2.75) is 26.1 Å². The van der Waals surface area contributed by atoms with Crippen LogP contribution in [0.4, 0.5) is 9.18 Å². The zero-order chi connectivity index (χ0) is 20.8. The summed E-state index contributed by atoms with van der Waals surface area (Å²) >= 11 is 6.27. The molecule has 29 heavy (non-hydrogen) atoms. The van der Waals surface area contributed by atoms with Crippen molar-refractivity contribution in [2.75, 3.05) is 27.3 Å². The van der Waals surface area contributed by atoms with Crippen molar-refractivity contribution >= 4 is 17.6 Å². The van der Waals surface area contributed by atoms with Crippen molar-refractivity contribution in [3.05, 3.63) is 57.9 Å². The maximum Gasteiger partial charge on any atom is 0.315 e. The van der Waals surface area contributed by atoms with E-state index >= 15 is 0 Å². The first-order valence-electron chi connectivity index (χ1n) is 9.44. The number of fused-ring (bicyclic) bond motifs is 1. The smallest absolute Gasteiger partial charge is 0.315 e. The maximum atomic E-state index is 13.9. The van der Waals surface area contributed by atoms with Crippen LogP contribution >= 0.6 is 11.6 Å². The highest BCUT2D eigenvalue weighted by atomic mass is 35.5. The number of benzene rings is 2. The third-order valence-electron chi connectivity index (χ3n) is 4.36. The summed E-state index contributed by atoms with van der Waals surface area (Å²) in [7, 11) is 3.76. The van der Waals surface area contributed by atoms with Gasteiger partial charge in [0.1, 0.15) is 5.82 Å². The van der Waals surface area contributed by atoms with Gasteiger partial charge in [-0.25, -0.2) is 9.18 Å². The van der Waals surface area contributed by atoms with E-state index in [0.717, 1.165) is 17.5 Å². The Morgan fingerprint density at radius 3 is 2.59 bits per heavy atom. The summed E-state index contributed by atoms with van der Waals surface area (Å²) in [5.74, 6) is 0.882. The predicted molar refractivity (Wildman–Crippen MR) is 110 cm³/mol. The Bertz CT molecular complexity index is 876. The topological polar surface area (TPSA) is 62.8 Å². The molecule has 0 radical (unpaired) electrons. The van der Waals surface area contributed by atoms with Crippen LogP contribution in [0, 0.1) is 5.82 Å². The van der Waals surface area contributed by atoms with Crippen LogP contribution in [0.25, 0.3) is 0 Å². The molecule has 0 spiro atoms. The van der Waals surface area contributed by atoms with Crippen LogP contribution in [0.1, 0.15) is 23.1 Å². The average molecular weight is 422 g/mol. The quantitative estimate of drug-likeness (QED) is 0.746. The molecule has 0 bridgehead atoms. The molecular weight excluding hydrogens is 397 g/mol. The largest absolute Gasteiger partial charge is 0.489 e. The average Bonchev–Trinajstić information content (AvgIpc) is 2.92. The second-order valence-electron chi connectivity index (χ2n) is 7.16. The van der Waals surface area contributed by atoms with Crippen LogP contribution in [-0.4, -0.2) is 38.2 Å². The fourth-order valence-corrected chi connectivity index (χ4v) is 3.30. The Morgan fingerprint density at radius 2 is 1.83 bits per heavy atom. The summed E-state index contributed by atoms with van der Waals surface area (Å²) < 4.78 is 25.1. The summed E-state index contributed by atoms with van der Waals surface area (Å²) in [6.45, 7) is 2.21. The highest BCUT2D eigenvalue weighted by Gasteiger charge is 2.16. The van der Waals surface area contributed by atoms with E-state index in [0.29, 0.717) is 48.4 Å². The molecule has 1 aliphatic heterocycles. The van der Waals surface area contributed by atoms with E-state index in [2.05, 4.69) is 10.6 Å². The minimum atomic E-state index is -0.327. The number of hydrogen-bond acceptors (Lipinski definition) is 4. The normalized spacial score (nSPS) is 13.1. The second kappa shape index (κ2) is 9.80. The van der Waals surface area contributed by atoms with Crippen molar-refractivity contribution in [1.29, 1.82) is 0 Å². The molecule has 3 rings (SSSR count). The lowest BCUT2D eigenvalue weighted by Gasteiger charge is -2.14. The molecule has 0 saturated carbocycles. The minimum absolute atomic E-state index is 0.252. The van der Waals surface area contributed by atoms with Gasteiger partial charge in [-0.3, -0.25) is 0 Å². The number of halogens is 2. The van der Waals surface area contributed by atoms with E-state index in [9.17, 15) is 9.18 Å². The molecular formula is C21H25ClFN3O3. The predicted octanol–water partition coefficient (Wildman–Crippen LogP) is 3.70. The van der Waals surface area contributed by atoms with Crippen LogP contribution in [0.15, 0.2) is 30.3 Å². The number of hydrogen-bond donors (Lipinski definition) is 2. The zero-order valence-corrected chi connectivity index (χ0v) is 17.3. The van der Waals surface area contributed by atoms with Crippen molar-refractivity contribution in [3.8, 4) is 11.5 Å². The highest BCUT2D eigenvalue weighted by Crippen LogP contribution is 2.37. The van der Waals surface area contributed by atoms with Crippen LogP contribution in [0.3, 0.4) is 0 Å². The molecule has 6 nitrogen and oxygen atoms in total. The van der Waals surface area contributed by atoms with Gasteiger partial charge in [-0.15, -0.1) is 0 Å². The van der Waals surface area contributed by atoms with Gasteiger partial charge < -0.3 is 25.0 Å². The summed E-state index contributed by atoms with van der Waals surface area (Å²) in [6.07, 6.45) is 0.792. The molecule has 2 aromatic rings. The first-order valence-corrected chi connectivity index (χ1v) is 9.82. The molecule has 0 fully saturated rings. The molecule has 2 amide bonds. The molecule has 8 heteroatoms. The monoisotopic (exact) mass is 421 g/mol. The molecule has 156 valence electrons. The third kappa shape index (κ3) is 5.98. The number of carbonyl (C=O) groups excluding carboxylic acids is 1. The molecule has 2 N–H and O–H groups in total. The Labute approximate surface area is 174 Å². The number of rotatable bonds is 6. The number of carbonyl (C=O) groups is 1. The molecule has 0 aliphatic carbocycles. The summed E-state index contributed by atoms with van der Waals surface area (Å²) in [4.78, 5) is 14.0. The maximum absolute atomic E-state index is 13.9. The Hall–Kier alpha value is -2.51. The third-order valence-corrected chi connectivity index (χ3v) is 4.65. The SMILES string of the molecule is CN(C)Cc1cc(CNC(=O)NCc2cc(Cl)c3c(c2)OCCCO3)ccc1F. The van der Waals surface area contributed by atoms with Crippen LogP contribution in [-0.2, 0) is 19.6 Å². The lowest BCUT2D eigenvalue weighted by atomic mass is 10.1. The van der Waals surface area contributed by atoms with Crippen molar-refractivity contribution in [2.24, 2.45) is 0 Å². The molecule has 1 heterocycles. The van der Waals surface area contributed by atoms with Gasteiger partial charge in [-0.1, -0.05) is 17.7 Å². The summed E-state index contributed by atoms with van der Waals surface area (Å²) in [5, 5.41) is 6.03. The van der Waals surface area contributed by atoms with Crippen LogP contribution < -0.4 is 20.1 Å². The van der Waals surface area contributed by atoms with Gasteiger partial charge in [0.2, 0.25) is 0 Å². The molecule has 0 unspecified atom stereocenters. The minimum Gasteiger partial charge on any atom is -0.489 e. The van der Waals surface area contributed by atoms with Crippen molar-refractivity contribution in [1.82, 2.24) is 15.5 Å². The van der Waals surface area contributed by atoms with Gasteiger partial charge in [0.25, 0.3) is 0 Å². The molecule has 0 aromatic heterocycles. The molecule has 0 saturated heterocycles. The van der Waals surface area contributed by atoms with Gasteiger partial charge in [0, 0.05) is 31.6 Å². The van der Waals surface area contributed by atoms with Crippen molar-refractivity contribution in [3.63, 3.8) is 0 Å². The van der Waals surface area contributed by atoms with Crippen LogP contribution in [0.5, 0.6) is 11.5 Å². The lowest BCUT2D eigenvalue weighted by molar-refractivity contribution is 0.240. The van der Waals surface area contributed by atoms with E-state index in [4.69, 9.17) is 21.1 Å². The van der Waals surface area contributed by atoms with E-state index in [1.165, 1.54) is 6.07 Å². The van der Waals surface area contributed by atoms with E-state index in [1.54, 1.807) is 18.2 Å². The Morgan fingerprint density at radius 1 is 1.10 bits per heavy atom. The zero-order valence-electron chi connectivity index (χ0n) is 16.6. The number of nitrogens with one attached hydrogen (secondary N) is 2. The highest BCUT2D eigenvalue weighted by molar-refractivity contribution is 6.32. The van der Waals surface area contributed by atoms with E-state index in [1.807, 2.05) is 25.1 Å². The molecule has 1 aliphatic rings. The van der Waals surface area contributed by atoms with Crippen LogP contribution in [0.2, 0.25) is 5.02 Å². The number of urea groups is 1. The van der Waals surface area contributed by atoms with Crippen molar-refractivity contribution < 1.29 is 18.7 Å². The van der Waals surface area contributed by atoms with Gasteiger partial charge in [0.05, 0.1) is 18.2 Å². The second-order valence-corrected chi connectivity index (χ2v) is 7.56. The molecule has 0 atom stereocenters. The van der Waals surface area contributed by atoms with E-state index < -0.39 is 0 Å². The van der Waals surface area contributed by atoms with Gasteiger partial charge in [-0.05, 0) is 49.5 Å². The standard InChI is InChI=1S/C21H25ClFN3O3/c1-26(2)13-16-8-14(4-5-18(16)23)11-24-21(27)25-12-15-9-17(22)20-19(10-15)28-6-3-7-29-20/h4-5,8-10H,3,6-7,11-13H2,1-2H3,(H2,24,25,27). The summed E-state index contributed by atoms with van der Waals surface area (Å²) in [6, 6.07) is 8.10. The fraction of sp³-hybridized carbons (Fsp3) is 0.381. The number of nitrogens with zero attached hydrogens (tertiary/aromatic N) is 1. The van der Waals surface area contributed by atoms with Gasteiger partial charge in [0.15, 0.2) is 11.5 Å². The summed E-state index contributed by atoms with van der Waals surface area (Å²) in [5.41, 5.74) is 2.23. The van der Waals surface area contributed by atoms with E-state index in [-0.39, 0.29) is 18.4 Å². The fourth-order valence-electron chi connectivity index (χ4n) is 3.01. The first-order chi connectivity index (χ1) is 13.9. The lowest BCUT2D eigenvalue weighted by Crippen LogP contribution is -2.34.